The molecular formula is C12H15P. The van der Waals surface area contributed by atoms with Gasteiger partial charge >= 0.3 is 0 Å². The highest BCUT2D eigenvalue weighted by Gasteiger charge is 2.11. The van der Waals surface area contributed by atoms with E-state index in [4.69, 9.17) is 0 Å². The smallest absolute Gasteiger partial charge is 0.000955 e. The standard InChI is InChI=1S/C12H15P/c1-3-4-5-10-6-7-12-11(10)8-9(2)13-12/h5-8,13H,3-4H2,1-2H3/b10-5-. The summed E-state index contributed by atoms with van der Waals surface area (Å²) in [7, 11) is 0.921. The van der Waals surface area contributed by atoms with Gasteiger partial charge in [-0.25, -0.2) is 0 Å². The van der Waals surface area contributed by atoms with E-state index in [9.17, 15) is 0 Å². The first-order chi connectivity index (χ1) is 6.31. The minimum absolute atomic E-state index is 0.921. The fourth-order valence-corrected chi connectivity index (χ4v) is 2.88. The van der Waals surface area contributed by atoms with E-state index in [1.54, 1.807) is 5.30 Å². The molecule has 1 unspecified atom stereocenters. The summed E-state index contributed by atoms with van der Waals surface area (Å²) in [6, 6.07) is 2.34. The van der Waals surface area contributed by atoms with E-state index in [1.165, 1.54) is 29.3 Å². The van der Waals surface area contributed by atoms with Crippen LogP contribution < -0.4 is 0 Å². The second-order valence-electron chi connectivity index (χ2n) is 3.56. The summed E-state index contributed by atoms with van der Waals surface area (Å²) in [5.41, 5.74) is 2.94. The van der Waals surface area contributed by atoms with Crippen molar-refractivity contribution in [2.45, 2.75) is 26.7 Å². The first-order valence-electron chi connectivity index (χ1n) is 4.89. The van der Waals surface area contributed by atoms with Gasteiger partial charge in [0.15, 0.2) is 0 Å². The van der Waals surface area contributed by atoms with Crippen molar-refractivity contribution < 1.29 is 0 Å². The zero-order valence-corrected chi connectivity index (χ0v) is 9.22. The maximum atomic E-state index is 2.36. The van der Waals surface area contributed by atoms with Crippen LogP contribution >= 0.6 is 8.19 Å². The Kier molecular flexibility index (Phi) is 2.42. The van der Waals surface area contributed by atoms with Crippen molar-refractivity contribution >= 4 is 19.8 Å². The van der Waals surface area contributed by atoms with Crippen LogP contribution in [-0.2, 0) is 0 Å². The maximum absolute atomic E-state index is 2.36. The molecule has 1 aromatic heterocycles. The predicted octanol–water partition coefficient (Wildman–Crippen LogP) is 4.24. The van der Waals surface area contributed by atoms with Crippen molar-refractivity contribution in [1.82, 2.24) is 0 Å². The van der Waals surface area contributed by atoms with Crippen molar-refractivity contribution in [3.8, 4) is 0 Å². The zero-order chi connectivity index (χ0) is 9.26. The Bertz CT molecular complexity index is 366. The van der Waals surface area contributed by atoms with Crippen molar-refractivity contribution in [2.75, 3.05) is 0 Å². The van der Waals surface area contributed by atoms with E-state index in [0.29, 0.717) is 0 Å². The Labute approximate surface area is 81.5 Å². The second-order valence-corrected chi connectivity index (χ2v) is 5.14. The molecule has 0 bridgehead atoms. The quantitative estimate of drug-likeness (QED) is 0.654. The van der Waals surface area contributed by atoms with Crippen LogP contribution in [0.15, 0.2) is 18.2 Å². The average molecular weight is 190 g/mol. The second kappa shape index (κ2) is 3.55. The Morgan fingerprint density at radius 1 is 1.38 bits per heavy atom. The highest BCUT2D eigenvalue weighted by molar-refractivity contribution is 7.33. The molecule has 1 aliphatic rings. The molecule has 0 saturated carbocycles. The van der Waals surface area contributed by atoms with Gasteiger partial charge in [0.05, 0.1) is 0 Å². The van der Waals surface area contributed by atoms with Gasteiger partial charge in [0.1, 0.15) is 0 Å². The van der Waals surface area contributed by atoms with E-state index < -0.39 is 0 Å². The molecule has 0 aromatic carbocycles. The molecule has 1 heteroatoms. The molecular weight excluding hydrogens is 175 g/mol. The van der Waals surface area contributed by atoms with Crippen molar-refractivity contribution in [1.29, 1.82) is 0 Å². The number of allylic oxidation sites excluding steroid dienone is 3. The lowest BCUT2D eigenvalue weighted by atomic mass is 10.1. The first kappa shape index (κ1) is 8.84. The number of hydrogen-bond acceptors (Lipinski definition) is 0. The molecule has 68 valence electrons. The van der Waals surface area contributed by atoms with Crippen molar-refractivity contribution in [3.63, 3.8) is 0 Å². The van der Waals surface area contributed by atoms with E-state index in [2.05, 4.69) is 38.1 Å². The van der Waals surface area contributed by atoms with Crippen molar-refractivity contribution in [3.05, 3.63) is 34.4 Å². The number of fused-ring (bicyclic) bond motifs is 1. The van der Waals surface area contributed by atoms with Crippen LogP contribution in [0, 0.1) is 6.92 Å². The molecule has 13 heavy (non-hydrogen) atoms. The fraction of sp³-hybridized carbons (Fsp3) is 0.333. The summed E-state index contributed by atoms with van der Waals surface area (Å²) in [6.45, 7) is 4.45. The van der Waals surface area contributed by atoms with Gasteiger partial charge in [0.25, 0.3) is 0 Å². The predicted molar refractivity (Wildman–Crippen MR) is 62.6 cm³/mol. The molecule has 1 atom stereocenters. The van der Waals surface area contributed by atoms with Crippen LogP contribution in [0.1, 0.15) is 35.9 Å². The molecule has 0 aliphatic heterocycles. The summed E-state index contributed by atoms with van der Waals surface area (Å²) >= 11 is 0. The molecule has 2 rings (SSSR count). The largest absolute Gasteiger partial charge is 0.129 e. The Morgan fingerprint density at radius 2 is 2.23 bits per heavy atom. The van der Waals surface area contributed by atoms with Gasteiger partial charge in [-0.05, 0) is 41.1 Å². The van der Waals surface area contributed by atoms with E-state index in [1.807, 2.05) is 0 Å². The van der Waals surface area contributed by atoms with Crippen LogP contribution in [-0.4, -0.2) is 0 Å². The Morgan fingerprint density at radius 3 is 3.00 bits per heavy atom. The summed E-state index contributed by atoms with van der Waals surface area (Å²) < 4.78 is 0. The minimum Gasteiger partial charge on any atom is -0.129 e. The number of hydrogen-bond donors (Lipinski definition) is 0. The SMILES string of the molecule is CCC/C=C1/C=Cc2[pH]c(C)cc21. The zero-order valence-electron chi connectivity index (χ0n) is 8.22. The van der Waals surface area contributed by atoms with Crippen LogP contribution in [0.5, 0.6) is 0 Å². The van der Waals surface area contributed by atoms with Gasteiger partial charge < -0.3 is 0 Å². The third-order valence-electron chi connectivity index (χ3n) is 2.38. The number of rotatable bonds is 2. The maximum Gasteiger partial charge on any atom is -0.000955 e. The molecule has 1 aromatic rings. The van der Waals surface area contributed by atoms with Gasteiger partial charge in [-0.2, -0.15) is 0 Å². The Balaban J connectivity index is 2.32. The lowest BCUT2D eigenvalue weighted by molar-refractivity contribution is 0.961. The summed E-state index contributed by atoms with van der Waals surface area (Å²) in [6.07, 6.45) is 9.34. The lowest BCUT2D eigenvalue weighted by Crippen LogP contribution is -1.73. The molecule has 0 amide bonds. The molecule has 0 fully saturated rings. The fourth-order valence-electron chi connectivity index (χ4n) is 1.72. The van der Waals surface area contributed by atoms with Crippen LogP contribution in [0.4, 0.5) is 0 Å². The highest BCUT2D eigenvalue weighted by Crippen LogP contribution is 2.38. The van der Waals surface area contributed by atoms with E-state index in [0.717, 1.165) is 8.19 Å². The van der Waals surface area contributed by atoms with Crippen LogP contribution in [0.25, 0.3) is 11.6 Å². The molecule has 0 radical (unpaired) electrons. The summed E-state index contributed by atoms with van der Waals surface area (Å²) in [4.78, 5) is 0. The number of aryl methyl sites for hydroxylation is 1. The number of unbranched alkanes of at least 4 members (excludes halogenated alkanes) is 1. The molecule has 1 heterocycles. The van der Waals surface area contributed by atoms with E-state index >= 15 is 0 Å². The normalized spacial score (nSPS) is 17.5. The third-order valence-corrected chi connectivity index (χ3v) is 3.62. The first-order valence-corrected chi connectivity index (χ1v) is 5.89. The van der Waals surface area contributed by atoms with Gasteiger partial charge in [-0.1, -0.05) is 31.6 Å². The van der Waals surface area contributed by atoms with Gasteiger partial charge in [-0.15, -0.1) is 8.19 Å². The highest BCUT2D eigenvalue weighted by atomic mass is 31.0. The van der Waals surface area contributed by atoms with Gasteiger partial charge in [0.2, 0.25) is 0 Å². The molecule has 0 nitrogen and oxygen atoms in total. The van der Waals surface area contributed by atoms with Crippen molar-refractivity contribution in [2.24, 2.45) is 0 Å². The molecule has 0 saturated heterocycles. The van der Waals surface area contributed by atoms with Crippen LogP contribution in [0.3, 0.4) is 0 Å². The van der Waals surface area contributed by atoms with Gasteiger partial charge in [0, 0.05) is 0 Å². The average Bonchev–Trinajstić information content (AvgIpc) is 2.61. The summed E-state index contributed by atoms with van der Waals surface area (Å²) in [5.74, 6) is 0. The Hall–Kier alpha value is -0.740. The monoisotopic (exact) mass is 190 g/mol. The third kappa shape index (κ3) is 1.64. The van der Waals surface area contributed by atoms with Gasteiger partial charge in [-0.3, -0.25) is 0 Å². The topological polar surface area (TPSA) is 0 Å². The van der Waals surface area contributed by atoms with E-state index in [-0.39, 0.29) is 0 Å². The molecule has 1 aliphatic carbocycles. The minimum atomic E-state index is 0.921. The van der Waals surface area contributed by atoms with Crippen LogP contribution in [0.2, 0.25) is 0 Å². The molecule has 0 spiro atoms. The summed E-state index contributed by atoms with van der Waals surface area (Å²) in [5, 5.41) is 3.07. The lowest BCUT2D eigenvalue weighted by Gasteiger charge is -1.94. The molecule has 0 N–H and O–H groups in total.